The van der Waals surface area contributed by atoms with Gasteiger partial charge in [0.25, 0.3) is 0 Å². The third kappa shape index (κ3) is 4.60. The van der Waals surface area contributed by atoms with Crippen LogP contribution in [0.3, 0.4) is 0 Å². The van der Waals surface area contributed by atoms with Crippen molar-refractivity contribution in [3.8, 4) is 0 Å². The third-order valence-electron chi connectivity index (χ3n) is 2.87. The zero-order valence-corrected chi connectivity index (χ0v) is 13.5. The summed E-state index contributed by atoms with van der Waals surface area (Å²) in [6, 6.07) is 13.6. The number of nitrogens with zero attached hydrogens (tertiary/aromatic N) is 1. The molecule has 2 aromatic rings. The van der Waals surface area contributed by atoms with Gasteiger partial charge in [0.05, 0.1) is 0 Å². The van der Waals surface area contributed by atoms with Gasteiger partial charge in [-0.3, -0.25) is 0 Å². The van der Waals surface area contributed by atoms with Crippen molar-refractivity contribution in [1.82, 2.24) is 4.90 Å². The zero-order valence-electron chi connectivity index (χ0n) is 11.8. The fraction of sp³-hybridized carbons (Fsp3) is 0.250. The van der Waals surface area contributed by atoms with E-state index in [9.17, 15) is 13.2 Å². The molecule has 0 spiro atoms. The molecule has 0 aliphatic heterocycles. The molecule has 0 bridgehead atoms. The second kappa shape index (κ2) is 6.65. The fourth-order valence-corrected chi connectivity index (χ4v) is 3.88. The van der Waals surface area contributed by atoms with E-state index in [1.165, 1.54) is 10.0 Å². The minimum atomic E-state index is -4.27. The van der Waals surface area contributed by atoms with Crippen molar-refractivity contribution < 1.29 is 13.2 Å². The van der Waals surface area contributed by atoms with Crippen molar-refractivity contribution in [2.75, 3.05) is 14.1 Å². The van der Waals surface area contributed by atoms with Gasteiger partial charge in [0.1, 0.15) is 0 Å². The van der Waals surface area contributed by atoms with Gasteiger partial charge in [-0.25, -0.2) is 0 Å². The van der Waals surface area contributed by atoms with Gasteiger partial charge in [0, 0.05) is 0 Å². The summed E-state index contributed by atoms with van der Waals surface area (Å²) in [6.07, 6.45) is -4.27. The molecule has 0 amide bonds. The molecule has 0 atom stereocenters. The Bertz CT molecular complexity index is 591. The van der Waals surface area contributed by atoms with Crippen LogP contribution in [0, 0.1) is 0 Å². The van der Waals surface area contributed by atoms with Crippen LogP contribution in [0.25, 0.3) is 0 Å². The second-order valence-corrected chi connectivity index (χ2v) is 7.31. The van der Waals surface area contributed by atoms with Gasteiger partial charge in [-0.2, -0.15) is 0 Å². The number of hydrogen-bond acceptors (Lipinski definition) is 1. The normalized spacial score (nSPS) is 11.9. The first-order valence-corrected chi connectivity index (χ1v) is 8.15. The van der Waals surface area contributed by atoms with Gasteiger partial charge in [-0.15, -0.1) is 0 Å². The van der Waals surface area contributed by atoms with Crippen molar-refractivity contribution in [3.05, 3.63) is 59.7 Å². The molecule has 0 saturated carbocycles. The van der Waals surface area contributed by atoms with Crippen LogP contribution < -0.4 is 8.92 Å². The van der Waals surface area contributed by atoms with E-state index >= 15 is 0 Å². The van der Waals surface area contributed by atoms with Crippen molar-refractivity contribution in [2.45, 2.75) is 12.7 Å². The van der Waals surface area contributed by atoms with Gasteiger partial charge >= 0.3 is 128 Å². The molecular weight excluding hydrogens is 342 g/mol. The fourth-order valence-electron chi connectivity index (χ4n) is 1.91. The summed E-state index contributed by atoms with van der Waals surface area (Å²) in [4.78, 5) is 2.08. The van der Waals surface area contributed by atoms with E-state index in [-0.39, 0.29) is 15.0 Å². The molecule has 0 radical (unpaired) electrons. The molecule has 0 saturated heterocycles. The predicted octanol–water partition coefficient (Wildman–Crippen LogP) is 2.42. The van der Waals surface area contributed by atoms with Crippen LogP contribution in [-0.2, 0) is 12.7 Å². The average Bonchev–Trinajstić information content (AvgIpc) is 2.40. The molecule has 0 unspecified atom stereocenters. The Hall–Kier alpha value is -1.29. The molecule has 2 aromatic carbocycles. The Morgan fingerprint density at radius 2 is 1.57 bits per heavy atom. The molecule has 2 rings (SSSR count). The Balaban J connectivity index is 2.19. The SMILES string of the molecule is CN(C)Cc1ccccc1[Se]c1ccc(C(F)(F)F)cc1. The van der Waals surface area contributed by atoms with Crippen LogP contribution in [-0.4, -0.2) is 34.0 Å². The summed E-state index contributed by atoms with van der Waals surface area (Å²) in [5.74, 6) is 0. The molecule has 0 aliphatic rings. The Morgan fingerprint density at radius 1 is 0.952 bits per heavy atom. The Morgan fingerprint density at radius 3 is 2.14 bits per heavy atom. The van der Waals surface area contributed by atoms with Gasteiger partial charge in [-0.05, 0) is 0 Å². The zero-order chi connectivity index (χ0) is 15.5. The first kappa shape index (κ1) is 16.1. The molecule has 0 aromatic heterocycles. The topological polar surface area (TPSA) is 3.24 Å². The molecular formula is C16H16F3NSe. The third-order valence-corrected chi connectivity index (χ3v) is 5.23. The molecule has 0 aliphatic carbocycles. The van der Waals surface area contributed by atoms with E-state index in [1.54, 1.807) is 12.1 Å². The van der Waals surface area contributed by atoms with Crippen LogP contribution in [0.2, 0.25) is 0 Å². The van der Waals surface area contributed by atoms with Gasteiger partial charge in [-0.1, -0.05) is 0 Å². The van der Waals surface area contributed by atoms with Crippen LogP contribution in [0.4, 0.5) is 13.2 Å². The van der Waals surface area contributed by atoms with E-state index < -0.39 is 11.7 Å². The summed E-state index contributed by atoms with van der Waals surface area (Å²) >= 11 is 0.0106. The molecule has 21 heavy (non-hydrogen) atoms. The summed E-state index contributed by atoms with van der Waals surface area (Å²) in [5.41, 5.74) is 0.631. The van der Waals surface area contributed by atoms with E-state index in [1.807, 2.05) is 26.2 Å². The summed E-state index contributed by atoms with van der Waals surface area (Å²) < 4.78 is 39.8. The number of benzene rings is 2. The van der Waals surface area contributed by atoms with E-state index in [0.717, 1.165) is 23.1 Å². The summed E-state index contributed by atoms with van der Waals surface area (Å²) in [6.45, 7) is 0.832. The summed E-state index contributed by atoms with van der Waals surface area (Å²) in [5, 5.41) is 0. The Labute approximate surface area is 128 Å². The summed E-state index contributed by atoms with van der Waals surface area (Å²) in [7, 11) is 4.00. The van der Waals surface area contributed by atoms with Crippen LogP contribution >= 0.6 is 0 Å². The average molecular weight is 358 g/mol. The maximum atomic E-state index is 12.6. The molecule has 5 heteroatoms. The molecule has 0 N–H and O–H groups in total. The minimum absolute atomic E-state index is 0.0106. The van der Waals surface area contributed by atoms with Gasteiger partial charge < -0.3 is 0 Å². The van der Waals surface area contributed by atoms with Crippen LogP contribution in [0.15, 0.2) is 48.5 Å². The monoisotopic (exact) mass is 359 g/mol. The number of hydrogen-bond donors (Lipinski definition) is 0. The second-order valence-electron chi connectivity index (χ2n) is 4.97. The van der Waals surface area contributed by atoms with Gasteiger partial charge in [0.2, 0.25) is 0 Å². The maximum absolute atomic E-state index is 12.6. The standard InChI is InChI=1S/C16H16F3NSe/c1-20(2)11-12-5-3-4-6-15(12)21-14-9-7-13(8-10-14)16(17,18)19/h3-10H,11H2,1-2H3. The first-order chi connectivity index (χ1) is 9.86. The van der Waals surface area contributed by atoms with Crippen molar-refractivity contribution >= 4 is 23.9 Å². The molecule has 1 nitrogen and oxygen atoms in total. The van der Waals surface area contributed by atoms with E-state index in [0.29, 0.717) is 0 Å². The Kier molecular flexibility index (Phi) is 5.09. The van der Waals surface area contributed by atoms with Crippen molar-refractivity contribution in [1.29, 1.82) is 0 Å². The molecule has 0 heterocycles. The first-order valence-electron chi connectivity index (χ1n) is 6.44. The number of rotatable bonds is 4. The van der Waals surface area contributed by atoms with E-state index in [2.05, 4.69) is 17.0 Å². The van der Waals surface area contributed by atoms with E-state index in [4.69, 9.17) is 0 Å². The van der Waals surface area contributed by atoms with Crippen molar-refractivity contribution in [2.24, 2.45) is 0 Å². The van der Waals surface area contributed by atoms with Crippen LogP contribution in [0.1, 0.15) is 11.1 Å². The van der Waals surface area contributed by atoms with Crippen molar-refractivity contribution in [3.63, 3.8) is 0 Å². The van der Waals surface area contributed by atoms with Crippen LogP contribution in [0.5, 0.6) is 0 Å². The molecule has 112 valence electrons. The predicted molar refractivity (Wildman–Crippen MR) is 80.3 cm³/mol. The molecule has 0 fully saturated rings. The number of alkyl halides is 3. The quantitative estimate of drug-likeness (QED) is 0.759. The van der Waals surface area contributed by atoms with Gasteiger partial charge in [0.15, 0.2) is 0 Å². The number of halogens is 3.